The van der Waals surface area contributed by atoms with Crippen molar-refractivity contribution >= 4 is 22.9 Å². The summed E-state index contributed by atoms with van der Waals surface area (Å²) in [5.74, 6) is -2.29. The Morgan fingerprint density at radius 1 is 1.12 bits per heavy atom. The van der Waals surface area contributed by atoms with Crippen molar-refractivity contribution in [2.45, 2.75) is 20.3 Å². The molecule has 1 heterocycles. The molecule has 0 aliphatic carbocycles. The predicted molar refractivity (Wildman–Crippen MR) is 87.3 cm³/mol. The molecular weight excluding hydrogens is 332 g/mol. The number of aliphatic carboxylic acids is 2. The molecule has 0 atom stereocenters. The maximum atomic E-state index is 11.9. The average Bonchev–Trinajstić information content (AvgIpc) is 2.50. The molecule has 2 N–H and O–H groups in total. The van der Waals surface area contributed by atoms with Crippen LogP contribution in [0.25, 0.3) is 11.0 Å². The van der Waals surface area contributed by atoms with Crippen molar-refractivity contribution in [3.63, 3.8) is 0 Å². The van der Waals surface area contributed by atoms with Gasteiger partial charge in [-0.1, -0.05) is 13.8 Å². The molecule has 0 fully saturated rings. The fourth-order valence-electron chi connectivity index (χ4n) is 2.38. The highest BCUT2D eigenvalue weighted by atomic mass is 16.5. The summed E-state index contributed by atoms with van der Waals surface area (Å²) in [5, 5.41) is 18.2. The van der Waals surface area contributed by atoms with Crippen LogP contribution in [0.3, 0.4) is 0 Å². The van der Waals surface area contributed by atoms with Crippen LogP contribution in [0.1, 0.15) is 19.4 Å². The predicted octanol–water partition coefficient (Wildman–Crippen LogP) is 1.92. The van der Waals surface area contributed by atoms with E-state index in [0.717, 1.165) is 5.56 Å². The van der Waals surface area contributed by atoms with Gasteiger partial charge in [-0.3, -0.25) is 0 Å². The lowest BCUT2D eigenvalue weighted by Crippen LogP contribution is -2.14. The van der Waals surface area contributed by atoms with Gasteiger partial charge < -0.3 is 24.1 Å². The molecule has 8 nitrogen and oxygen atoms in total. The molecule has 8 heteroatoms. The number of hydrogen-bond donors (Lipinski definition) is 2. The summed E-state index contributed by atoms with van der Waals surface area (Å²) in [5.41, 5.74) is 0.150. The Labute approximate surface area is 142 Å². The molecule has 0 saturated heterocycles. The van der Waals surface area contributed by atoms with E-state index in [2.05, 4.69) is 0 Å². The van der Waals surface area contributed by atoms with Crippen molar-refractivity contribution < 1.29 is 33.7 Å². The Morgan fingerprint density at radius 2 is 1.76 bits per heavy atom. The summed E-state index contributed by atoms with van der Waals surface area (Å²) in [6.07, 6.45) is 0.607. The average molecular weight is 350 g/mol. The molecule has 0 radical (unpaired) electrons. The summed E-state index contributed by atoms with van der Waals surface area (Å²) in [7, 11) is 0. The van der Waals surface area contributed by atoms with E-state index in [1.165, 1.54) is 12.1 Å². The Hall–Kier alpha value is -3.03. The van der Waals surface area contributed by atoms with Crippen LogP contribution in [-0.4, -0.2) is 35.4 Å². The van der Waals surface area contributed by atoms with Gasteiger partial charge in [-0.25, -0.2) is 14.4 Å². The highest BCUT2D eigenvalue weighted by molar-refractivity contribution is 5.88. The molecule has 25 heavy (non-hydrogen) atoms. The third-order valence-electron chi connectivity index (χ3n) is 3.24. The SMILES string of the molecule is CC(C)Cc1cc(=O)oc2c(OCC(=O)O)c(OCC(=O)O)ccc12. The standard InChI is InChI=1S/C17H18O8/c1-9(2)5-10-6-15(22)25-16-11(10)3-4-12(23-7-13(18)19)17(16)24-8-14(20)21/h3-4,6,9H,5,7-8H2,1-2H3,(H,18,19)(H,20,21). The summed E-state index contributed by atoms with van der Waals surface area (Å²) >= 11 is 0. The van der Waals surface area contributed by atoms with E-state index in [9.17, 15) is 14.4 Å². The zero-order valence-corrected chi connectivity index (χ0v) is 13.8. The first-order valence-electron chi connectivity index (χ1n) is 7.57. The van der Waals surface area contributed by atoms with Gasteiger partial charge in [0.2, 0.25) is 5.75 Å². The lowest BCUT2D eigenvalue weighted by molar-refractivity contribution is -0.140. The number of hydrogen-bond acceptors (Lipinski definition) is 6. The Balaban J connectivity index is 2.61. The quantitative estimate of drug-likeness (QED) is 0.692. The van der Waals surface area contributed by atoms with E-state index in [1.807, 2.05) is 13.8 Å². The topological polar surface area (TPSA) is 123 Å². The van der Waals surface area contributed by atoms with Gasteiger partial charge in [0.1, 0.15) is 0 Å². The summed E-state index contributed by atoms with van der Waals surface area (Å²) in [4.78, 5) is 33.4. The van der Waals surface area contributed by atoms with E-state index in [-0.39, 0.29) is 23.0 Å². The largest absolute Gasteiger partial charge is 0.479 e. The first-order valence-corrected chi connectivity index (χ1v) is 7.57. The Bertz CT molecular complexity index is 850. The number of carbonyl (C=O) groups is 2. The van der Waals surface area contributed by atoms with Crippen molar-refractivity contribution in [3.05, 3.63) is 34.2 Å². The van der Waals surface area contributed by atoms with E-state index in [4.69, 9.17) is 24.1 Å². The lowest BCUT2D eigenvalue weighted by atomic mass is 10.00. The molecule has 0 unspecified atom stereocenters. The van der Waals surface area contributed by atoms with Crippen molar-refractivity contribution in [2.75, 3.05) is 13.2 Å². The molecule has 0 aliphatic heterocycles. The molecule has 1 aromatic carbocycles. The van der Waals surface area contributed by atoms with Crippen LogP contribution >= 0.6 is 0 Å². The lowest BCUT2D eigenvalue weighted by Gasteiger charge is -2.14. The highest BCUT2D eigenvalue weighted by Crippen LogP contribution is 2.37. The maximum Gasteiger partial charge on any atom is 0.341 e. The molecule has 2 aromatic rings. The molecule has 0 bridgehead atoms. The summed E-state index contributed by atoms with van der Waals surface area (Å²) < 4.78 is 15.5. The van der Waals surface area contributed by atoms with Crippen LogP contribution < -0.4 is 15.1 Å². The Morgan fingerprint density at radius 3 is 2.36 bits per heavy atom. The number of rotatable bonds is 8. The molecular formula is C17H18O8. The van der Waals surface area contributed by atoms with Crippen LogP contribution in [0.2, 0.25) is 0 Å². The van der Waals surface area contributed by atoms with E-state index >= 15 is 0 Å². The summed E-state index contributed by atoms with van der Waals surface area (Å²) in [6, 6.07) is 4.47. The molecule has 0 spiro atoms. The normalized spacial score (nSPS) is 10.8. The first-order chi connectivity index (χ1) is 11.8. The van der Waals surface area contributed by atoms with Gasteiger partial charge in [0.25, 0.3) is 0 Å². The van der Waals surface area contributed by atoms with Crippen LogP contribution in [0.5, 0.6) is 11.5 Å². The van der Waals surface area contributed by atoms with Gasteiger partial charge in [-0.2, -0.15) is 0 Å². The van der Waals surface area contributed by atoms with Gasteiger partial charge in [-0.05, 0) is 30.0 Å². The van der Waals surface area contributed by atoms with Crippen molar-refractivity contribution in [1.82, 2.24) is 0 Å². The van der Waals surface area contributed by atoms with Crippen LogP contribution in [0, 0.1) is 5.92 Å². The number of carboxylic acids is 2. The number of ether oxygens (including phenoxy) is 2. The summed E-state index contributed by atoms with van der Waals surface area (Å²) in [6.45, 7) is 2.64. The van der Waals surface area contributed by atoms with Crippen LogP contribution in [-0.2, 0) is 16.0 Å². The fraction of sp³-hybridized carbons (Fsp3) is 0.353. The molecule has 134 valence electrons. The van der Waals surface area contributed by atoms with E-state index < -0.39 is 30.8 Å². The first kappa shape index (κ1) is 18.3. The van der Waals surface area contributed by atoms with Crippen LogP contribution in [0.15, 0.2) is 27.4 Å². The van der Waals surface area contributed by atoms with Crippen molar-refractivity contribution in [2.24, 2.45) is 5.92 Å². The fourth-order valence-corrected chi connectivity index (χ4v) is 2.38. The third kappa shape index (κ3) is 4.72. The number of carboxylic acid groups (broad SMARTS) is 2. The second-order valence-electron chi connectivity index (χ2n) is 5.82. The second kappa shape index (κ2) is 7.69. The molecule has 0 aliphatic rings. The highest BCUT2D eigenvalue weighted by Gasteiger charge is 2.18. The van der Waals surface area contributed by atoms with Gasteiger partial charge in [-0.15, -0.1) is 0 Å². The third-order valence-corrected chi connectivity index (χ3v) is 3.24. The molecule has 1 aromatic heterocycles. The molecule has 2 rings (SSSR count). The number of benzene rings is 1. The minimum absolute atomic E-state index is 0.0130. The maximum absolute atomic E-state index is 11.9. The van der Waals surface area contributed by atoms with Gasteiger partial charge in [0.05, 0.1) is 0 Å². The minimum Gasteiger partial charge on any atom is -0.479 e. The second-order valence-corrected chi connectivity index (χ2v) is 5.82. The number of fused-ring (bicyclic) bond motifs is 1. The zero-order chi connectivity index (χ0) is 18.6. The van der Waals surface area contributed by atoms with Gasteiger partial charge >= 0.3 is 17.6 Å². The smallest absolute Gasteiger partial charge is 0.341 e. The van der Waals surface area contributed by atoms with Gasteiger partial charge in [0.15, 0.2) is 24.5 Å². The molecule has 0 saturated carbocycles. The zero-order valence-electron chi connectivity index (χ0n) is 13.8. The van der Waals surface area contributed by atoms with Crippen molar-refractivity contribution in [1.29, 1.82) is 0 Å². The van der Waals surface area contributed by atoms with E-state index in [1.54, 1.807) is 6.07 Å². The minimum atomic E-state index is -1.23. The van der Waals surface area contributed by atoms with Crippen molar-refractivity contribution in [3.8, 4) is 11.5 Å². The molecule has 0 amide bonds. The van der Waals surface area contributed by atoms with E-state index in [0.29, 0.717) is 11.8 Å². The van der Waals surface area contributed by atoms with Crippen LogP contribution in [0.4, 0.5) is 0 Å². The Kier molecular flexibility index (Phi) is 5.63. The monoisotopic (exact) mass is 350 g/mol. The van der Waals surface area contributed by atoms with Gasteiger partial charge in [0, 0.05) is 11.5 Å².